The molecule has 1 heterocycles. The fraction of sp³-hybridized carbons (Fsp3) is 0.125. The fourth-order valence-electron chi connectivity index (χ4n) is 2.37. The average Bonchev–Trinajstić information content (AvgIpc) is 2.93. The van der Waals surface area contributed by atoms with Crippen molar-refractivity contribution in [2.75, 3.05) is 5.32 Å². The quantitative estimate of drug-likeness (QED) is 0.712. The van der Waals surface area contributed by atoms with Crippen molar-refractivity contribution in [3.05, 3.63) is 65.9 Å². The van der Waals surface area contributed by atoms with E-state index in [4.69, 9.17) is 0 Å². The van der Waals surface area contributed by atoms with E-state index in [2.05, 4.69) is 10.3 Å². The number of hydrogen-bond acceptors (Lipinski definition) is 1. The molecule has 0 atom stereocenters. The lowest BCUT2D eigenvalue weighted by Crippen LogP contribution is -2.10. The number of benzene rings is 2. The summed E-state index contributed by atoms with van der Waals surface area (Å²) < 4.78 is 38.8. The predicted octanol–water partition coefficient (Wildman–Crippen LogP) is 4.80. The van der Waals surface area contributed by atoms with Crippen LogP contribution in [0.15, 0.2) is 54.7 Å². The van der Waals surface area contributed by atoms with Crippen molar-refractivity contribution in [2.45, 2.75) is 12.7 Å². The molecule has 0 aliphatic carbocycles. The molecule has 108 valence electrons. The van der Waals surface area contributed by atoms with Crippen LogP contribution in [0.5, 0.6) is 0 Å². The van der Waals surface area contributed by atoms with E-state index in [-0.39, 0.29) is 5.69 Å². The minimum Gasteiger partial charge on any atom is -0.380 e. The van der Waals surface area contributed by atoms with Gasteiger partial charge in [0.05, 0.1) is 11.1 Å². The molecule has 0 aliphatic heterocycles. The first-order valence-corrected chi connectivity index (χ1v) is 6.51. The smallest absolute Gasteiger partial charge is 0.380 e. The monoisotopic (exact) mass is 290 g/mol. The number of alkyl halides is 3. The molecule has 21 heavy (non-hydrogen) atoms. The van der Waals surface area contributed by atoms with Gasteiger partial charge in [0.1, 0.15) is 0 Å². The third-order valence-corrected chi connectivity index (χ3v) is 3.38. The van der Waals surface area contributed by atoms with Gasteiger partial charge in [-0.1, -0.05) is 30.3 Å². The van der Waals surface area contributed by atoms with Gasteiger partial charge in [0, 0.05) is 18.4 Å². The Bertz CT molecular complexity index is 759. The maximum absolute atomic E-state index is 12.9. The minimum atomic E-state index is -4.36. The molecule has 2 nitrogen and oxygen atoms in total. The molecule has 2 N–H and O–H groups in total. The van der Waals surface area contributed by atoms with Crippen molar-refractivity contribution >= 4 is 16.6 Å². The maximum Gasteiger partial charge on any atom is 0.418 e. The second-order valence-corrected chi connectivity index (χ2v) is 4.76. The van der Waals surface area contributed by atoms with E-state index in [1.165, 1.54) is 12.1 Å². The number of aromatic nitrogens is 1. The molecule has 0 saturated carbocycles. The number of nitrogens with one attached hydrogen (secondary N) is 2. The summed E-state index contributed by atoms with van der Waals surface area (Å²) in [5.41, 5.74) is 1.31. The first-order chi connectivity index (χ1) is 10.1. The molecule has 0 amide bonds. The number of aromatic amines is 1. The lowest BCUT2D eigenvalue weighted by atomic mass is 10.1. The predicted molar refractivity (Wildman–Crippen MR) is 77.1 cm³/mol. The lowest BCUT2D eigenvalue weighted by Gasteiger charge is -2.14. The van der Waals surface area contributed by atoms with Gasteiger partial charge in [0.25, 0.3) is 0 Å². The van der Waals surface area contributed by atoms with E-state index in [0.717, 1.165) is 22.5 Å². The standard InChI is InChI=1S/C16H13F3N2/c17-16(18,19)13-6-1-2-7-14(13)21-10-12-5-3-4-11-8-9-20-15(11)12/h1-9,20-21H,10H2. The Labute approximate surface area is 119 Å². The molecule has 1 aromatic heterocycles. The second-order valence-electron chi connectivity index (χ2n) is 4.76. The minimum absolute atomic E-state index is 0.0913. The number of H-pyrrole nitrogens is 1. The molecule has 0 saturated heterocycles. The van der Waals surface area contributed by atoms with Gasteiger partial charge in [0.2, 0.25) is 0 Å². The van der Waals surface area contributed by atoms with E-state index in [1.54, 1.807) is 6.07 Å². The fourth-order valence-corrected chi connectivity index (χ4v) is 2.37. The summed E-state index contributed by atoms with van der Waals surface area (Å²) in [5, 5.41) is 3.92. The molecule has 0 bridgehead atoms. The first-order valence-electron chi connectivity index (χ1n) is 6.51. The van der Waals surface area contributed by atoms with Crippen molar-refractivity contribution in [3.63, 3.8) is 0 Å². The van der Waals surface area contributed by atoms with Crippen LogP contribution < -0.4 is 5.32 Å². The molecule has 3 aromatic rings. The number of rotatable bonds is 3. The Hall–Kier alpha value is -2.43. The molecule has 2 aromatic carbocycles. The molecule has 0 spiro atoms. The molecule has 0 aliphatic rings. The highest BCUT2D eigenvalue weighted by Crippen LogP contribution is 2.34. The topological polar surface area (TPSA) is 27.8 Å². The zero-order valence-electron chi connectivity index (χ0n) is 11.0. The van der Waals surface area contributed by atoms with Gasteiger partial charge >= 0.3 is 6.18 Å². The van der Waals surface area contributed by atoms with Crippen LogP contribution in [0.2, 0.25) is 0 Å². The van der Waals surface area contributed by atoms with Gasteiger partial charge in [0.15, 0.2) is 0 Å². The Kier molecular flexibility index (Phi) is 3.33. The van der Waals surface area contributed by atoms with Gasteiger partial charge in [-0.2, -0.15) is 13.2 Å². The van der Waals surface area contributed by atoms with Crippen LogP contribution in [0.1, 0.15) is 11.1 Å². The van der Waals surface area contributed by atoms with E-state index >= 15 is 0 Å². The van der Waals surface area contributed by atoms with Crippen LogP contribution >= 0.6 is 0 Å². The number of anilines is 1. The Morgan fingerprint density at radius 3 is 2.57 bits per heavy atom. The van der Waals surface area contributed by atoms with E-state index in [9.17, 15) is 13.2 Å². The highest BCUT2D eigenvalue weighted by molar-refractivity contribution is 5.82. The Balaban J connectivity index is 1.87. The number of halogens is 3. The third-order valence-electron chi connectivity index (χ3n) is 3.38. The lowest BCUT2D eigenvalue weighted by molar-refractivity contribution is -0.136. The van der Waals surface area contributed by atoms with Gasteiger partial charge in [-0.3, -0.25) is 0 Å². The second kappa shape index (κ2) is 5.16. The SMILES string of the molecule is FC(F)(F)c1ccccc1NCc1cccc2cc[nH]c12. The zero-order chi connectivity index (χ0) is 14.9. The van der Waals surface area contributed by atoms with Gasteiger partial charge in [-0.25, -0.2) is 0 Å². The molecular formula is C16H13F3N2. The number of para-hydroxylation sites is 2. The van der Waals surface area contributed by atoms with Crippen molar-refractivity contribution in [2.24, 2.45) is 0 Å². The van der Waals surface area contributed by atoms with Crippen molar-refractivity contribution in [1.29, 1.82) is 0 Å². The van der Waals surface area contributed by atoms with Crippen LogP contribution in [-0.2, 0) is 12.7 Å². The van der Waals surface area contributed by atoms with Crippen LogP contribution in [0.25, 0.3) is 10.9 Å². The van der Waals surface area contributed by atoms with Gasteiger partial charge < -0.3 is 10.3 Å². The van der Waals surface area contributed by atoms with Crippen molar-refractivity contribution in [1.82, 2.24) is 4.98 Å². The summed E-state index contributed by atoms with van der Waals surface area (Å²) in [4.78, 5) is 3.11. The zero-order valence-corrected chi connectivity index (χ0v) is 11.0. The molecule has 0 unspecified atom stereocenters. The number of hydrogen-bond donors (Lipinski definition) is 2. The van der Waals surface area contributed by atoms with E-state index < -0.39 is 11.7 Å². The number of fused-ring (bicyclic) bond motifs is 1. The van der Waals surface area contributed by atoms with Crippen LogP contribution in [0.3, 0.4) is 0 Å². The normalized spacial score (nSPS) is 11.8. The molecule has 5 heteroatoms. The van der Waals surface area contributed by atoms with Crippen molar-refractivity contribution < 1.29 is 13.2 Å². The maximum atomic E-state index is 12.9. The van der Waals surface area contributed by atoms with Crippen LogP contribution in [-0.4, -0.2) is 4.98 Å². The van der Waals surface area contributed by atoms with Gasteiger partial charge in [-0.05, 0) is 29.1 Å². The summed E-state index contributed by atoms with van der Waals surface area (Å²) in [6.07, 6.45) is -2.54. The molecule has 3 rings (SSSR count). The first kappa shape index (κ1) is 13.5. The van der Waals surface area contributed by atoms with E-state index in [1.807, 2.05) is 30.5 Å². The molecule has 0 fully saturated rings. The Morgan fingerprint density at radius 1 is 0.952 bits per heavy atom. The average molecular weight is 290 g/mol. The van der Waals surface area contributed by atoms with Gasteiger partial charge in [-0.15, -0.1) is 0 Å². The van der Waals surface area contributed by atoms with Crippen LogP contribution in [0, 0.1) is 0 Å². The highest BCUT2D eigenvalue weighted by atomic mass is 19.4. The summed E-state index contributed by atoms with van der Waals surface area (Å²) in [5.74, 6) is 0. The van der Waals surface area contributed by atoms with Crippen molar-refractivity contribution in [3.8, 4) is 0 Å². The highest BCUT2D eigenvalue weighted by Gasteiger charge is 2.33. The molecule has 0 radical (unpaired) electrons. The summed E-state index contributed by atoms with van der Waals surface area (Å²) in [7, 11) is 0. The summed E-state index contributed by atoms with van der Waals surface area (Å²) >= 11 is 0. The van der Waals surface area contributed by atoms with Crippen LogP contribution in [0.4, 0.5) is 18.9 Å². The largest absolute Gasteiger partial charge is 0.418 e. The van der Waals surface area contributed by atoms with E-state index in [0.29, 0.717) is 6.54 Å². The Morgan fingerprint density at radius 2 is 1.76 bits per heavy atom. The summed E-state index contributed by atoms with van der Waals surface area (Å²) in [6.45, 7) is 0.324. The third kappa shape index (κ3) is 2.72. The summed E-state index contributed by atoms with van der Waals surface area (Å²) in [6, 6.07) is 13.2. The molecular weight excluding hydrogens is 277 g/mol.